The van der Waals surface area contributed by atoms with Crippen molar-refractivity contribution < 1.29 is 17.6 Å². The predicted octanol–water partition coefficient (Wildman–Crippen LogP) is 2.00. The van der Waals surface area contributed by atoms with Gasteiger partial charge in [0.05, 0.1) is 18.2 Å². The normalized spacial score (nSPS) is 11.3. The fourth-order valence-electron chi connectivity index (χ4n) is 1.58. The molecule has 0 aliphatic carbocycles. The number of thiophene rings is 1. The van der Waals surface area contributed by atoms with E-state index < -0.39 is 10.0 Å². The Bertz CT molecular complexity index is 857. The zero-order valence-corrected chi connectivity index (χ0v) is 12.9. The van der Waals surface area contributed by atoms with E-state index in [0.29, 0.717) is 5.88 Å². The lowest BCUT2D eigenvalue weighted by Crippen LogP contribution is -2.13. The van der Waals surface area contributed by atoms with Gasteiger partial charge in [-0.05, 0) is 17.5 Å². The molecule has 0 fully saturated rings. The number of nitrogens with one attached hydrogen (secondary N) is 1. The first-order valence-corrected chi connectivity index (χ1v) is 8.35. The molecule has 1 N–H and O–H groups in total. The summed E-state index contributed by atoms with van der Waals surface area (Å²) in [7, 11) is -2.41. The van der Waals surface area contributed by atoms with Gasteiger partial charge in [0.2, 0.25) is 5.88 Å². The molecule has 3 rings (SSSR count). The predicted molar refractivity (Wildman–Crippen MR) is 79.2 cm³/mol. The number of hydrogen-bond donors (Lipinski definition) is 1. The Hall–Kier alpha value is -2.46. The van der Waals surface area contributed by atoms with E-state index in [1.165, 1.54) is 36.8 Å². The Morgan fingerprint density at radius 2 is 2.14 bits per heavy atom. The second kappa shape index (κ2) is 5.73. The van der Waals surface area contributed by atoms with E-state index in [9.17, 15) is 8.42 Å². The first-order chi connectivity index (χ1) is 10.6. The third-order valence-corrected chi connectivity index (χ3v) is 4.77. The monoisotopic (exact) mass is 338 g/mol. The van der Waals surface area contributed by atoms with Crippen LogP contribution in [-0.2, 0) is 10.0 Å². The lowest BCUT2D eigenvalue weighted by atomic mass is 10.5. The van der Waals surface area contributed by atoms with E-state index in [2.05, 4.69) is 19.9 Å². The zero-order chi connectivity index (χ0) is 15.6. The molecule has 0 aromatic carbocycles. The van der Waals surface area contributed by atoms with Crippen LogP contribution in [0.15, 0.2) is 45.2 Å². The molecule has 0 aliphatic rings. The van der Waals surface area contributed by atoms with Gasteiger partial charge in [-0.2, -0.15) is 0 Å². The molecule has 0 bridgehead atoms. The van der Waals surface area contributed by atoms with Gasteiger partial charge in [0.1, 0.15) is 4.90 Å². The van der Waals surface area contributed by atoms with E-state index in [1.807, 2.05) is 11.4 Å². The van der Waals surface area contributed by atoms with Crippen LogP contribution in [0.5, 0.6) is 5.88 Å². The van der Waals surface area contributed by atoms with Gasteiger partial charge in [-0.25, -0.2) is 18.1 Å². The molecule has 3 aromatic heterocycles. The molecule has 3 aromatic rings. The summed E-state index contributed by atoms with van der Waals surface area (Å²) in [5, 5.41) is 9.32. The van der Waals surface area contributed by atoms with Crippen molar-refractivity contribution in [2.45, 2.75) is 4.90 Å². The van der Waals surface area contributed by atoms with E-state index in [1.54, 1.807) is 6.07 Å². The Labute approximate surface area is 129 Å². The number of aromatic nitrogens is 3. The summed E-state index contributed by atoms with van der Waals surface area (Å²) >= 11 is 1.41. The summed E-state index contributed by atoms with van der Waals surface area (Å²) in [5.74, 6) is 0.567. The number of anilines is 1. The number of methoxy groups -OCH3 is 1. The first kappa shape index (κ1) is 14.5. The summed E-state index contributed by atoms with van der Waals surface area (Å²) in [6.07, 6.45) is 1.18. The van der Waals surface area contributed by atoms with E-state index >= 15 is 0 Å². The van der Waals surface area contributed by atoms with Gasteiger partial charge in [-0.3, -0.25) is 0 Å². The summed E-state index contributed by atoms with van der Waals surface area (Å²) in [6.45, 7) is 0. The van der Waals surface area contributed by atoms with Crippen LogP contribution in [0.25, 0.3) is 10.8 Å². The third-order valence-electron chi connectivity index (χ3n) is 2.61. The second-order valence-corrected chi connectivity index (χ2v) is 6.66. The quantitative estimate of drug-likeness (QED) is 0.758. The van der Waals surface area contributed by atoms with Crippen molar-refractivity contribution in [1.82, 2.24) is 15.2 Å². The zero-order valence-electron chi connectivity index (χ0n) is 11.3. The molecule has 8 nitrogen and oxygen atoms in total. The maximum Gasteiger partial charge on any atom is 0.330 e. The molecule has 0 aliphatic heterocycles. The van der Waals surface area contributed by atoms with Gasteiger partial charge in [-0.15, -0.1) is 16.4 Å². The van der Waals surface area contributed by atoms with E-state index in [4.69, 9.17) is 9.15 Å². The topological polar surface area (TPSA) is 107 Å². The Balaban J connectivity index is 1.82. The highest BCUT2D eigenvalue weighted by Crippen LogP contribution is 2.25. The molecule has 0 saturated carbocycles. The summed E-state index contributed by atoms with van der Waals surface area (Å²) < 4.78 is 36.7. The fraction of sp³-hybridized carbons (Fsp3) is 0.0833. The first-order valence-electron chi connectivity index (χ1n) is 5.99. The minimum Gasteiger partial charge on any atom is -0.481 e. The van der Waals surface area contributed by atoms with Crippen LogP contribution >= 0.6 is 11.3 Å². The highest BCUT2D eigenvalue weighted by molar-refractivity contribution is 7.92. The van der Waals surface area contributed by atoms with Crippen molar-refractivity contribution in [3.63, 3.8) is 0 Å². The summed E-state index contributed by atoms with van der Waals surface area (Å²) in [6, 6.07) is 6.23. The van der Waals surface area contributed by atoms with Crippen molar-refractivity contribution in [2.24, 2.45) is 0 Å². The Morgan fingerprint density at radius 1 is 1.27 bits per heavy atom. The molecule has 10 heteroatoms. The van der Waals surface area contributed by atoms with E-state index in [0.717, 1.165) is 4.88 Å². The second-order valence-electron chi connectivity index (χ2n) is 4.03. The molecule has 22 heavy (non-hydrogen) atoms. The minimum atomic E-state index is -3.85. The van der Waals surface area contributed by atoms with E-state index in [-0.39, 0.29) is 16.8 Å². The fourth-order valence-corrected chi connectivity index (χ4v) is 3.10. The average Bonchev–Trinajstić information content (AvgIpc) is 3.18. The maximum atomic E-state index is 12.2. The van der Waals surface area contributed by atoms with Gasteiger partial charge in [-0.1, -0.05) is 11.2 Å². The number of hydrogen-bond acceptors (Lipinski definition) is 8. The highest BCUT2D eigenvalue weighted by atomic mass is 32.2. The Kier molecular flexibility index (Phi) is 3.77. The molecule has 3 heterocycles. The maximum absolute atomic E-state index is 12.2. The number of pyridine rings is 1. The van der Waals surface area contributed by atoms with Crippen molar-refractivity contribution in [1.29, 1.82) is 0 Å². The molecule has 0 saturated heterocycles. The van der Waals surface area contributed by atoms with Crippen molar-refractivity contribution in [2.75, 3.05) is 11.8 Å². The average molecular weight is 338 g/mol. The number of ether oxygens (including phenoxy) is 1. The van der Waals surface area contributed by atoms with Crippen LogP contribution < -0.4 is 9.46 Å². The minimum absolute atomic E-state index is 0.0378. The molecule has 0 atom stereocenters. The van der Waals surface area contributed by atoms with Gasteiger partial charge < -0.3 is 9.15 Å². The van der Waals surface area contributed by atoms with Gasteiger partial charge >= 0.3 is 6.01 Å². The summed E-state index contributed by atoms with van der Waals surface area (Å²) in [5.41, 5.74) is 0. The molecular formula is C12H10N4O4S2. The van der Waals surface area contributed by atoms with Crippen LogP contribution in [0.2, 0.25) is 0 Å². The highest BCUT2D eigenvalue weighted by Gasteiger charge is 2.19. The standard InChI is InChI=1S/C12H10N4O4S2/c1-19-10-5-4-8(7-13-10)22(17,18)16-12-15-14-11(20-12)9-3-2-6-21-9/h2-7H,1H3,(H,15,16). The SMILES string of the molecule is COc1ccc(S(=O)(=O)Nc2nnc(-c3cccs3)o2)cn1. The molecule has 0 amide bonds. The molecule has 0 spiro atoms. The van der Waals surface area contributed by atoms with Crippen molar-refractivity contribution in [3.05, 3.63) is 35.8 Å². The largest absolute Gasteiger partial charge is 0.481 e. The van der Waals surface area contributed by atoms with Crippen LogP contribution in [0.1, 0.15) is 0 Å². The molecule has 114 valence electrons. The van der Waals surface area contributed by atoms with Gasteiger partial charge in [0.25, 0.3) is 15.9 Å². The lowest BCUT2D eigenvalue weighted by molar-refractivity contribution is 0.397. The number of sulfonamides is 1. The van der Waals surface area contributed by atoms with Crippen LogP contribution in [0.3, 0.4) is 0 Å². The molecule has 0 unspecified atom stereocenters. The van der Waals surface area contributed by atoms with Crippen LogP contribution in [-0.4, -0.2) is 30.7 Å². The van der Waals surface area contributed by atoms with Crippen molar-refractivity contribution in [3.8, 4) is 16.6 Å². The molecule has 0 radical (unpaired) electrons. The van der Waals surface area contributed by atoms with Gasteiger partial charge in [0, 0.05) is 6.07 Å². The van der Waals surface area contributed by atoms with Gasteiger partial charge in [0.15, 0.2) is 0 Å². The number of rotatable bonds is 5. The lowest BCUT2D eigenvalue weighted by Gasteiger charge is -2.04. The smallest absolute Gasteiger partial charge is 0.330 e. The third kappa shape index (κ3) is 2.92. The molecular weight excluding hydrogens is 328 g/mol. The number of nitrogens with zero attached hydrogens (tertiary/aromatic N) is 3. The summed E-state index contributed by atoms with van der Waals surface area (Å²) in [4.78, 5) is 4.56. The van der Waals surface area contributed by atoms with Crippen molar-refractivity contribution >= 4 is 27.4 Å². The van der Waals surface area contributed by atoms with Crippen LogP contribution in [0.4, 0.5) is 6.01 Å². The van der Waals surface area contributed by atoms with Crippen LogP contribution in [0, 0.1) is 0 Å². The Morgan fingerprint density at radius 3 is 2.77 bits per heavy atom.